The molecule has 0 spiro atoms. The first-order valence-electron chi connectivity index (χ1n) is 2.68. The largest absolute Gasteiger partial charge is 1.00 e. The van der Waals surface area contributed by atoms with Crippen molar-refractivity contribution < 1.29 is 52.7 Å². The first-order chi connectivity index (χ1) is 4.45. The summed E-state index contributed by atoms with van der Waals surface area (Å²) in [6.07, 6.45) is -1.32. The van der Waals surface area contributed by atoms with Crippen LogP contribution in [0.4, 0.5) is 0 Å². The fraction of sp³-hybridized carbons (Fsp3) is 1.00. The molecule has 0 heterocycles. The van der Waals surface area contributed by atoms with Crippen LogP contribution in [0.25, 0.3) is 0 Å². The molecular formula is C4H9NaO5S. The van der Waals surface area contributed by atoms with Crippen LogP contribution >= 0.6 is 0 Å². The van der Waals surface area contributed by atoms with Gasteiger partial charge in [0, 0.05) is 6.61 Å². The molecule has 0 saturated carbocycles. The van der Waals surface area contributed by atoms with Crippen molar-refractivity contribution in [2.45, 2.75) is 12.5 Å². The van der Waals surface area contributed by atoms with Crippen LogP contribution < -0.4 is 29.6 Å². The predicted molar refractivity (Wildman–Crippen MR) is 32.3 cm³/mol. The Balaban J connectivity index is 0. The minimum Gasteiger partial charge on any atom is -0.748 e. The van der Waals surface area contributed by atoms with E-state index in [2.05, 4.69) is 0 Å². The van der Waals surface area contributed by atoms with E-state index in [1.807, 2.05) is 0 Å². The van der Waals surface area contributed by atoms with Crippen molar-refractivity contribution in [3.05, 3.63) is 0 Å². The molecule has 0 bridgehead atoms. The normalized spacial score (nSPS) is 13.7. The van der Waals surface area contributed by atoms with Gasteiger partial charge in [-0.25, -0.2) is 8.42 Å². The Morgan fingerprint density at radius 3 is 2.18 bits per heavy atom. The van der Waals surface area contributed by atoms with Gasteiger partial charge in [0.05, 0.1) is 22.0 Å². The fourth-order valence-corrected chi connectivity index (χ4v) is 1.11. The second-order valence-corrected chi connectivity index (χ2v) is 3.34. The van der Waals surface area contributed by atoms with Crippen molar-refractivity contribution >= 4 is 10.1 Å². The molecule has 62 valence electrons. The monoisotopic (exact) mass is 192 g/mol. The Labute approximate surface area is 87.5 Å². The number of hydrogen-bond donors (Lipinski definition) is 2. The van der Waals surface area contributed by atoms with Gasteiger partial charge in [0.1, 0.15) is 0 Å². The van der Waals surface area contributed by atoms with Crippen molar-refractivity contribution in [2.24, 2.45) is 0 Å². The van der Waals surface area contributed by atoms with Crippen LogP contribution in [-0.2, 0) is 10.1 Å². The molecule has 7 heteroatoms. The van der Waals surface area contributed by atoms with Gasteiger partial charge in [0.15, 0.2) is 0 Å². The number of hydrogen-bond acceptors (Lipinski definition) is 5. The van der Waals surface area contributed by atoms with E-state index in [9.17, 15) is 13.0 Å². The second-order valence-electron chi connectivity index (χ2n) is 1.89. The first-order valence-corrected chi connectivity index (χ1v) is 4.26. The van der Waals surface area contributed by atoms with Crippen LogP contribution in [0, 0.1) is 0 Å². The van der Waals surface area contributed by atoms with Gasteiger partial charge in [-0.3, -0.25) is 0 Å². The zero-order valence-corrected chi connectivity index (χ0v) is 9.04. The Morgan fingerprint density at radius 2 is 1.91 bits per heavy atom. The Morgan fingerprint density at radius 1 is 1.45 bits per heavy atom. The third kappa shape index (κ3) is 10.8. The van der Waals surface area contributed by atoms with Crippen LogP contribution in [0.2, 0.25) is 0 Å². The van der Waals surface area contributed by atoms with E-state index in [0.29, 0.717) is 0 Å². The zero-order valence-electron chi connectivity index (χ0n) is 6.23. The molecule has 0 aromatic rings. The van der Waals surface area contributed by atoms with E-state index >= 15 is 0 Å². The number of aliphatic hydroxyl groups is 2. The molecule has 0 rings (SSSR count). The summed E-state index contributed by atoms with van der Waals surface area (Å²) < 4.78 is 29.8. The van der Waals surface area contributed by atoms with Gasteiger partial charge >= 0.3 is 29.6 Å². The van der Waals surface area contributed by atoms with Crippen LogP contribution in [0.1, 0.15) is 6.42 Å². The maximum Gasteiger partial charge on any atom is 1.00 e. The molecular weight excluding hydrogens is 183 g/mol. The smallest absolute Gasteiger partial charge is 0.748 e. The molecule has 5 nitrogen and oxygen atoms in total. The second kappa shape index (κ2) is 6.36. The van der Waals surface area contributed by atoms with E-state index < -0.39 is 22.0 Å². The molecule has 0 aliphatic heterocycles. The summed E-state index contributed by atoms with van der Waals surface area (Å²) in [4.78, 5) is 0. The molecule has 0 aromatic carbocycles. The van der Waals surface area contributed by atoms with E-state index in [1.54, 1.807) is 0 Å². The van der Waals surface area contributed by atoms with Gasteiger partial charge in [-0.1, -0.05) is 0 Å². The van der Waals surface area contributed by atoms with Crippen molar-refractivity contribution in [3.63, 3.8) is 0 Å². The first kappa shape index (κ1) is 14.4. The maximum atomic E-state index is 9.92. The number of rotatable bonds is 4. The van der Waals surface area contributed by atoms with Crippen LogP contribution in [-0.4, -0.2) is 41.6 Å². The van der Waals surface area contributed by atoms with Crippen LogP contribution in [0.5, 0.6) is 0 Å². The molecule has 0 fully saturated rings. The van der Waals surface area contributed by atoms with Gasteiger partial charge < -0.3 is 14.8 Å². The third-order valence-corrected chi connectivity index (χ3v) is 1.65. The van der Waals surface area contributed by atoms with Crippen molar-refractivity contribution in [1.29, 1.82) is 0 Å². The number of aliphatic hydroxyl groups excluding tert-OH is 2. The third-order valence-electron chi connectivity index (χ3n) is 0.859. The van der Waals surface area contributed by atoms with Gasteiger partial charge in [-0.15, -0.1) is 0 Å². The Hall–Kier alpha value is 0.830. The molecule has 2 N–H and O–H groups in total. The van der Waals surface area contributed by atoms with Crippen molar-refractivity contribution in [3.8, 4) is 0 Å². The summed E-state index contributed by atoms with van der Waals surface area (Å²) in [5.41, 5.74) is 0. The molecule has 0 radical (unpaired) electrons. The molecule has 0 amide bonds. The fourth-order valence-electron chi connectivity index (χ4n) is 0.468. The summed E-state index contributed by atoms with van der Waals surface area (Å²) in [7, 11) is -4.36. The summed E-state index contributed by atoms with van der Waals surface area (Å²) in [6.45, 7) is -0.323. The average Bonchev–Trinajstić information content (AvgIpc) is 1.59. The topological polar surface area (TPSA) is 97.7 Å². The Bertz CT molecular complexity index is 177. The standard InChI is InChI=1S/C4H10O5S.Na/c5-2-1-4(6)3-10(7,8)9;/h4-6H,1-3H2,(H,7,8,9);/q;+1/p-1. The summed E-state index contributed by atoms with van der Waals surface area (Å²) >= 11 is 0. The van der Waals surface area contributed by atoms with E-state index in [4.69, 9.17) is 10.2 Å². The maximum absolute atomic E-state index is 9.92. The average molecular weight is 192 g/mol. The van der Waals surface area contributed by atoms with Crippen molar-refractivity contribution in [2.75, 3.05) is 12.4 Å². The minimum atomic E-state index is -4.36. The summed E-state index contributed by atoms with van der Waals surface area (Å²) in [5.74, 6) is -0.826. The molecule has 0 aromatic heterocycles. The summed E-state index contributed by atoms with van der Waals surface area (Å²) in [5, 5.41) is 16.8. The van der Waals surface area contributed by atoms with Crippen LogP contribution in [0.15, 0.2) is 0 Å². The Kier molecular flexibility index (Phi) is 8.30. The molecule has 1 unspecified atom stereocenters. The minimum absolute atomic E-state index is 0. The SMILES string of the molecule is O=S(=O)([O-])CC(O)CCO.[Na+]. The zero-order chi connectivity index (χ0) is 8.20. The molecule has 0 saturated heterocycles. The van der Waals surface area contributed by atoms with Gasteiger partial charge in [-0.05, 0) is 6.42 Å². The molecule has 11 heavy (non-hydrogen) atoms. The van der Waals surface area contributed by atoms with E-state index in [1.165, 1.54) is 0 Å². The van der Waals surface area contributed by atoms with Gasteiger partial charge in [0.2, 0.25) is 0 Å². The quantitative estimate of drug-likeness (QED) is 0.344. The molecule has 0 aliphatic rings. The van der Waals surface area contributed by atoms with E-state index in [0.717, 1.165) is 0 Å². The van der Waals surface area contributed by atoms with E-state index in [-0.39, 0.29) is 42.6 Å². The van der Waals surface area contributed by atoms with Gasteiger partial charge in [-0.2, -0.15) is 0 Å². The van der Waals surface area contributed by atoms with Gasteiger partial charge in [0.25, 0.3) is 0 Å². The van der Waals surface area contributed by atoms with Crippen LogP contribution in [0.3, 0.4) is 0 Å². The predicted octanol–water partition coefficient (Wildman–Crippen LogP) is -4.72. The molecule has 0 aliphatic carbocycles. The van der Waals surface area contributed by atoms with Crippen molar-refractivity contribution in [1.82, 2.24) is 0 Å². The molecule has 1 atom stereocenters. The summed E-state index contributed by atoms with van der Waals surface area (Å²) in [6, 6.07) is 0.